The van der Waals surface area contributed by atoms with Crippen LogP contribution in [-0.4, -0.2) is 49.5 Å². The first-order valence-electron chi connectivity index (χ1n) is 32.2. The quantitative estimate of drug-likeness (QED) is 0.0457. The Kier molecular flexibility index (Phi) is 39.4. The zero-order valence-corrected chi connectivity index (χ0v) is 67.4. The van der Waals surface area contributed by atoms with Crippen molar-refractivity contribution in [3.63, 3.8) is 0 Å². The van der Waals surface area contributed by atoms with Crippen molar-refractivity contribution in [1.29, 1.82) is 0 Å². The second-order valence-electron chi connectivity index (χ2n) is 21.9. The number of halogens is 3. The molecule has 1 saturated heterocycles. The van der Waals surface area contributed by atoms with Gasteiger partial charge in [-0.05, 0) is 119 Å². The Morgan fingerprint density at radius 1 is 0.353 bits per heavy atom. The maximum Gasteiger partial charge on any atom is 2.00 e. The summed E-state index contributed by atoms with van der Waals surface area (Å²) in [5, 5.41) is 8.38. The average Bonchev–Trinajstić information content (AvgIpc) is 0.854. The molecule has 102 heavy (non-hydrogen) atoms. The second kappa shape index (κ2) is 47.1. The molecule has 512 valence electrons. The van der Waals surface area contributed by atoms with Crippen LogP contribution in [0.15, 0.2) is 379 Å². The van der Waals surface area contributed by atoms with Crippen molar-refractivity contribution in [2.75, 3.05) is 26.5 Å². The molecule has 1 aliphatic heterocycles. The largest absolute Gasteiger partial charge is 2.00 e. The molecule has 0 aromatic heterocycles. The van der Waals surface area contributed by atoms with Crippen molar-refractivity contribution in [2.24, 2.45) is 0 Å². The Hall–Kier alpha value is -7.29. The van der Waals surface area contributed by atoms with Gasteiger partial charge in [-0.2, -0.15) is 36.4 Å². The summed E-state index contributed by atoms with van der Waals surface area (Å²) < 4.78 is 75.0. The Bertz CT molecular complexity index is 4100. The van der Waals surface area contributed by atoms with Crippen LogP contribution in [0.25, 0.3) is 22.3 Å². The summed E-state index contributed by atoms with van der Waals surface area (Å²) in [4.78, 5) is 0. The molecule has 0 spiro atoms. The van der Waals surface area contributed by atoms with Crippen LogP contribution >= 0.6 is 69.8 Å². The maximum atomic E-state index is 14.7. The standard InChI is InChI=1S/C36H28O2P2.C12H8Br2.2C12H10OP.C6H5.C4H8O.C3H8O2P.BrH.Mg.H2O/c37-39(31-13-5-1-6-14-31,32-15-7-2-8-16-32)35-25-21-29(22-26-35)30-23-27-36(28-24-30)40(38,33-17-9-3-10-18-33)34-19-11-4-12-20-34;13-11-5-1-9(2-6-11)10-3-7-12(14)8-4-10;2*13-14(11-7-3-1-4-8-11)12-9-5-2-6-10-12;1-2-4-6-5-3-1;1-2-4-5-3-1;1-3-5-6(2)4;;;/h1-28H;1-8H;2*1-10H;1-5H;1-4H2;3H2,1-2H3;1H;;1H2/q;;2*+1;-1;;+1;;+2;. The summed E-state index contributed by atoms with van der Waals surface area (Å²) in [7, 11) is -10.2. The fourth-order valence-corrected chi connectivity index (χ4v) is 18.6. The molecular formula is C85H80Br3MgO8P5+4. The minimum atomic E-state index is -3.02. The topological polar surface area (TPSA) is 137 Å². The molecule has 0 radical (unpaired) electrons. The van der Waals surface area contributed by atoms with Crippen molar-refractivity contribution < 1.29 is 54.5 Å². The first kappa shape index (κ1) is 85.4. The van der Waals surface area contributed by atoms with E-state index in [2.05, 4.69) is 91.0 Å². The zero-order chi connectivity index (χ0) is 69.8. The van der Waals surface area contributed by atoms with Crippen molar-refractivity contribution in [3.05, 3.63) is 385 Å². The van der Waals surface area contributed by atoms with Crippen LogP contribution < -0.4 is 70.0 Å². The van der Waals surface area contributed by atoms with E-state index in [1.807, 2.05) is 328 Å². The van der Waals surface area contributed by atoms with Crippen LogP contribution in [0, 0.1) is 6.07 Å². The van der Waals surface area contributed by atoms with Crippen LogP contribution in [0.4, 0.5) is 0 Å². The van der Waals surface area contributed by atoms with Crippen LogP contribution in [-0.2, 0) is 37.6 Å². The molecule has 0 saturated carbocycles. The Balaban J connectivity index is 0.000000248. The predicted molar refractivity (Wildman–Crippen MR) is 439 cm³/mol. The molecule has 13 aromatic carbocycles. The van der Waals surface area contributed by atoms with Gasteiger partial charge in [-0.3, -0.25) is 0 Å². The molecular weight excluding hydrogens is 1570 g/mol. The first-order chi connectivity index (χ1) is 48.4. The van der Waals surface area contributed by atoms with Crippen LogP contribution in [0.2, 0.25) is 0 Å². The van der Waals surface area contributed by atoms with E-state index < -0.39 is 37.9 Å². The molecule has 1 aliphatic rings. The zero-order valence-electron chi connectivity index (χ0n) is 56.8. The number of hydrogen-bond acceptors (Lipinski definition) is 7. The molecule has 1 unspecified atom stereocenters. The fraction of sp³-hybridized carbons (Fsp3) is 0.0824. The third-order valence-electron chi connectivity index (χ3n) is 15.0. The number of ether oxygens (including phenoxy) is 1. The van der Waals surface area contributed by atoms with Crippen molar-refractivity contribution >= 4 is 146 Å². The van der Waals surface area contributed by atoms with Gasteiger partial charge in [0.25, 0.3) is 0 Å². The molecule has 14 rings (SSSR count). The van der Waals surface area contributed by atoms with Gasteiger partial charge in [0.05, 0.1) is 6.61 Å². The molecule has 17 heteroatoms. The minimum absolute atomic E-state index is 0. The average molecular weight is 1650 g/mol. The van der Waals surface area contributed by atoms with E-state index in [0.717, 1.165) is 86.3 Å². The third kappa shape index (κ3) is 26.8. The van der Waals surface area contributed by atoms with Crippen LogP contribution in [0.3, 0.4) is 0 Å². The number of rotatable bonds is 14. The van der Waals surface area contributed by atoms with E-state index in [9.17, 15) is 22.8 Å². The SMILES string of the molecule is Brc1ccc(-c2ccc(Br)cc2)cc1.C1CCOC1.CCO[P+](C)=O.O=P(c1ccccc1)(c1ccccc1)c1ccc(-c2ccc(P(=O)(c3ccccc3)c3ccccc3)cc2)cc1.O=[P+](c1ccccc1)c1ccccc1.O=[P+](c1ccccc1)c1ccccc1.[Br-].[Mg+2].[OH3+].[c-]1ccccc1. The summed E-state index contributed by atoms with van der Waals surface area (Å²) in [6, 6.07) is 122. The van der Waals surface area contributed by atoms with Crippen LogP contribution in [0.5, 0.6) is 0 Å². The van der Waals surface area contributed by atoms with Gasteiger partial charge in [-0.25, -0.2) is 0 Å². The Morgan fingerprint density at radius 2 is 0.569 bits per heavy atom. The summed E-state index contributed by atoms with van der Waals surface area (Å²) in [5.74, 6) is 0. The van der Waals surface area contributed by atoms with Gasteiger partial charge < -0.3 is 36.3 Å². The van der Waals surface area contributed by atoms with Gasteiger partial charge in [0, 0.05) is 54.0 Å². The van der Waals surface area contributed by atoms with Gasteiger partial charge in [0.1, 0.15) is 0 Å². The summed E-state index contributed by atoms with van der Waals surface area (Å²) in [5.41, 5.74) is 4.50. The molecule has 13 aromatic rings. The third-order valence-corrected chi connectivity index (χ3v) is 25.9. The van der Waals surface area contributed by atoms with Crippen molar-refractivity contribution in [1.82, 2.24) is 0 Å². The summed E-state index contributed by atoms with van der Waals surface area (Å²) in [6.45, 7) is 5.90. The predicted octanol–water partition coefficient (Wildman–Crippen LogP) is 15.8. The molecule has 1 atom stereocenters. The van der Waals surface area contributed by atoms with Gasteiger partial charge in [0.15, 0.2) is 42.2 Å². The van der Waals surface area contributed by atoms with E-state index in [4.69, 9.17) is 4.74 Å². The van der Waals surface area contributed by atoms with E-state index >= 15 is 0 Å². The fourth-order valence-electron chi connectivity index (χ4n) is 10.0. The number of benzene rings is 13. The maximum absolute atomic E-state index is 14.7. The monoisotopic (exact) mass is 1640 g/mol. The van der Waals surface area contributed by atoms with E-state index in [1.165, 1.54) is 24.0 Å². The van der Waals surface area contributed by atoms with Gasteiger partial charge in [-0.1, -0.05) is 308 Å². The van der Waals surface area contributed by atoms with E-state index in [-0.39, 0.29) is 45.5 Å². The molecule has 3 N–H and O–H groups in total. The van der Waals surface area contributed by atoms with Gasteiger partial charge in [-0.15, -0.1) is 4.52 Å². The molecule has 0 amide bonds. The van der Waals surface area contributed by atoms with Crippen molar-refractivity contribution in [2.45, 2.75) is 19.8 Å². The number of hydrogen-bond donors (Lipinski definition) is 0. The Labute approximate surface area is 648 Å². The van der Waals surface area contributed by atoms with E-state index in [1.54, 1.807) is 6.66 Å². The molecule has 0 aliphatic carbocycles. The minimum Gasteiger partial charge on any atom is -1.00 e. The molecule has 0 bridgehead atoms. The first-order valence-corrected chi connectivity index (χ1v) is 41.4. The van der Waals surface area contributed by atoms with Gasteiger partial charge >= 0.3 is 46.7 Å². The molecule has 1 fully saturated rings. The van der Waals surface area contributed by atoms with Crippen molar-refractivity contribution in [3.8, 4) is 22.3 Å². The molecule has 1 heterocycles. The summed E-state index contributed by atoms with van der Waals surface area (Å²) >= 11 is 6.84. The van der Waals surface area contributed by atoms with Gasteiger partial charge in [0.2, 0.25) is 0 Å². The Morgan fingerprint density at radius 3 is 0.745 bits per heavy atom. The molecule has 8 nitrogen and oxygen atoms in total. The summed E-state index contributed by atoms with van der Waals surface area (Å²) in [6.07, 6.45) is 2.56. The van der Waals surface area contributed by atoms with E-state index in [0.29, 0.717) is 6.61 Å². The second-order valence-corrected chi connectivity index (χ2v) is 33.6. The smallest absolute Gasteiger partial charge is 1.00 e. The van der Waals surface area contributed by atoms with Crippen LogP contribution in [0.1, 0.15) is 19.8 Å². The normalized spacial score (nSPS) is 11.0.